The van der Waals surface area contributed by atoms with Crippen LogP contribution in [0.3, 0.4) is 0 Å². The number of anilines is 2. The Morgan fingerprint density at radius 3 is 2.12 bits per heavy atom. The molecule has 4 fully saturated rings. The van der Waals surface area contributed by atoms with Gasteiger partial charge in [0.15, 0.2) is 0 Å². The van der Waals surface area contributed by atoms with Crippen LogP contribution in [0.4, 0.5) is 11.4 Å². The van der Waals surface area contributed by atoms with Crippen LogP contribution in [0.15, 0.2) is 42.5 Å². The molecule has 0 saturated heterocycles. The number of halogens is 1. The summed E-state index contributed by atoms with van der Waals surface area (Å²) in [6.07, 6.45) is 9.16. The third-order valence-corrected chi connectivity index (χ3v) is 9.77. The molecule has 4 bridgehead atoms. The number of aryl methyl sites for hydroxylation is 1. The van der Waals surface area contributed by atoms with Gasteiger partial charge in [-0.05, 0) is 133 Å². The average molecular weight is 579 g/mol. The maximum Gasteiger partial charge on any atom is 0.245 e. The van der Waals surface area contributed by atoms with Gasteiger partial charge in [0.25, 0.3) is 0 Å². The van der Waals surface area contributed by atoms with Crippen LogP contribution in [0.1, 0.15) is 49.7 Å². The number of carbonyl (C=O) groups is 1. The molecular weight excluding hydrogens is 547 g/mol. The van der Waals surface area contributed by atoms with Crippen LogP contribution in [0, 0.1) is 28.2 Å². The Bertz CT molecular complexity index is 1140. The van der Waals surface area contributed by atoms with Gasteiger partial charge in [0.05, 0.1) is 11.9 Å². The second-order valence-electron chi connectivity index (χ2n) is 10.5. The van der Waals surface area contributed by atoms with Crippen molar-refractivity contribution in [2.24, 2.45) is 17.8 Å². The van der Waals surface area contributed by atoms with Gasteiger partial charge in [-0.2, -0.15) is 0 Å². The van der Waals surface area contributed by atoms with Crippen LogP contribution in [0.25, 0.3) is 0 Å². The number of nitrogens with one attached hydrogen (secondary N) is 1. The van der Waals surface area contributed by atoms with E-state index >= 15 is 0 Å². The fourth-order valence-electron chi connectivity index (χ4n) is 6.93. The van der Waals surface area contributed by atoms with Gasteiger partial charge in [0, 0.05) is 9.26 Å². The lowest BCUT2D eigenvalue weighted by atomic mass is 9.48. The van der Waals surface area contributed by atoms with E-state index in [0.717, 1.165) is 33.1 Å². The van der Waals surface area contributed by atoms with Crippen molar-refractivity contribution in [2.45, 2.75) is 50.9 Å². The van der Waals surface area contributed by atoms with E-state index in [1.54, 1.807) is 0 Å². The molecule has 6 rings (SSSR count). The number of sulfonamides is 1. The first-order valence-corrected chi connectivity index (χ1v) is 14.7. The van der Waals surface area contributed by atoms with E-state index in [-0.39, 0.29) is 17.9 Å². The summed E-state index contributed by atoms with van der Waals surface area (Å²) in [5, 5.41) is 2.86. The number of rotatable bonds is 6. The molecule has 33 heavy (non-hydrogen) atoms. The molecule has 176 valence electrons. The van der Waals surface area contributed by atoms with E-state index in [1.165, 1.54) is 48.4 Å². The van der Waals surface area contributed by atoms with Crippen molar-refractivity contribution in [1.82, 2.24) is 0 Å². The van der Waals surface area contributed by atoms with Crippen molar-refractivity contribution in [3.05, 3.63) is 57.2 Å². The maximum absolute atomic E-state index is 12.8. The first kappa shape index (κ1) is 23.1. The third-order valence-electron chi connectivity index (χ3n) is 7.96. The summed E-state index contributed by atoms with van der Waals surface area (Å²) in [6.45, 7) is 1.68. The molecule has 2 aromatic rings. The predicted octanol–water partition coefficient (Wildman–Crippen LogP) is 5.47. The van der Waals surface area contributed by atoms with Crippen LogP contribution in [-0.2, 0) is 20.2 Å². The van der Waals surface area contributed by atoms with Crippen LogP contribution < -0.4 is 9.62 Å². The zero-order valence-electron chi connectivity index (χ0n) is 19.2. The van der Waals surface area contributed by atoms with E-state index in [9.17, 15) is 13.2 Å². The lowest BCUT2D eigenvalue weighted by Crippen LogP contribution is -2.48. The van der Waals surface area contributed by atoms with Crippen molar-refractivity contribution in [3.63, 3.8) is 0 Å². The van der Waals surface area contributed by atoms with Crippen molar-refractivity contribution in [3.8, 4) is 0 Å². The second-order valence-corrected chi connectivity index (χ2v) is 13.7. The Labute approximate surface area is 210 Å². The Hall–Kier alpha value is -1.61. The minimum Gasteiger partial charge on any atom is -0.324 e. The number of amides is 1. The zero-order valence-corrected chi connectivity index (χ0v) is 22.2. The normalized spacial score (nSPS) is 28.0. The van der Waals surface area contributed by atoms with Gasteiger partial charge >= 0.3 is 0 Å². The molecule has 4 aliphatic rings. The van der Waals surface area contributed by atoms with E-state index in [4.69, 9.17) is 0 Å². The van der Waals surface area contributed by atoms with Crippen LogP contribution in [-0.4, -0.2) is 27.1 Å². The van der Waals surface area contributed by atoms with Gasteiger partial charge in [-0.15, -0.1) is 0 Å². The number of benzene rings is 2. The quantitative estimate of drug-likeness (QED) is 0.463. The Balaban J connectivity index is 1.35. The minimum atomic E-state index is -3.61. The van der Waals surface area contributed by atoms with Crippen LogP contribution in [0.2, 0.25) is 0 Å². The first-order chi connectivity index (χ1) is 15.6. The van der Waals surface area contributed by atoms with Gasteiger partial charge in [0.2, 0.25) is 15.9 Å². The van der Waals surface area contributed by atoms with Gasteiger partial charge in [-0.1, -0.05) is 12.1 Å². The summed E-state index contributed by atoms with van der Waals surface area (Å²) in [4.78, 5) is 12.8. The number of nitrogens with zero attached hydrogens (tertiary/aromatic N) is 1. The Kier molecular flexibility index (Phi) is 6.00. The fourth-order valence-corrected chi connectivity index (χ4v) is 8.44. The fraction of sp³-hybridized carbons (Fsp3) is 0.500. The lowest BCUT2D eigenvalue weighted by molar-refractivity contribution is -0.114. The highest BCUT2D eigenvalue weighted by atomic mass is 127. The molecule has 4 aliphatic carbocycles. The van der Waals surface area contributed by atoms with E-state index in [0.29, 0.717) is 11.4 Å². The summed E-state index contributed by atoms with van der Waals surface area (Å²) in [5.74, 6) is 2.22. The highest BCUT2D eigenvalue weighted by Gasteiger charge is 2.51. The molecule has 0 spiro atoms. The summed E-state index contributed by atoms with van der Waals surface area (Å²) in [6, 6.07) is 13.7. The van der Waals surface area contributed by atoms with Gasteiger partial charge in [-0.25, -0.2) is 8.42 Å². The van der Waals surface area contributed by atoms with Crippen molar-refractivity contribution in [2.75, 3.05) is 22.4 Å². The third kappa shape index (κ3) is 4.67. The lowest BCUT2D eigenvalue weighted by Gasteiger charge is -2.57. The highest BCUT2D eigenvalue weighted by Crippen LogP contribution is 2.60. The molecule has 0 atom stereocenters. The summed E-state index contributed by atoms with van der Waals surface area (Å²) in [7, 11) is -3.61. The average Bonchev–Trinajstić information content (AvgIpc) is 2.72. The van der Waals surface area contributed by atoms with Crippen molar-refractivity contribution < 1.29 is 13.2 Å². The molecular formula is C26H31IN2O3S. The van der Waals surface area contributed by atoms with E-state index < -0.39 is 10.0 Å². The molecule has 4 saturated carbocycles. The molecule has 0 heterocycles. The smallest absolute Gasteiger partial charge is 0.245 e. The number of hydrogen-bond donors (Lipinski definition) is 1. The van der Waals surface area contributed by atoms with Crippen molar-refractivity contribution in [1.29, 1.82) is 0 Å². The summed E-state index contributed by atoms with van der Waals surface area (Å²) < 4.78 is 27.5. The number of carbonyl (C=O) groups excluding carboxylic acids is 1. The van der Waals surface area contributed by atoms with Gasteiger partial charge in [-0.3, -0.25) is 9.10 Å². The van der Waals surface area contributed by atoms with Crippen LogP contribution >= 0.6 is 22.6 Å². The molecule has 0 unspecified atom stereocenters. The predicted molar refractivity (Wildman–Crippen MR) is 141 cm³/mol. The largest absolute Gasteiger partial charge is 0.324 e. The molecule has 1 N–H and O–H groups in total. The number of hydrogen-bond acceptors (Lipinski definition) is 3. The topological polar surface area (TPSA) is 66.5 Å². The molecule has 7 heteroatoms. The zero-order chi connectivity index (χ0) is 23.4. The van der Waals surface area contributed by atoms with Crippen molar-refractivity contribution >= 4 is 49.9 Å². The Morgan fingerprint density at radius 2 is 1.61 bits per heavy atom. The van der Waals surface area contributed by atoms with Crippen LogP contribution in [0.5, 0.6) is 0 Å². The van der Waals surface area contributed by atoms with E-state index in [1.807, 2.05) is 37.3 Å². The highest BCUT2D eigenvalue weighted by molar-refractivity contribution is 14.1. The summed E-state index contributed by atoms with van der Waals surface area (Å²) in [5.41, 5.74) is 3.80. The first-order valence-electron chi connectivity index (χ1n) is 11.8. The minimum absolute atomic E-state index is 0.249. The molecule has 0 aliphatic heterocycles. The molecule has 5 nitrogen and oxygen atoms in total. The van der Waals surface area contributed by atoms with Gasteiger partial charge in [0.1, 0.15) is 6.54 Å². The standard InChI is InChI=1S/C26H31IN2O3S/c1-17-9-22(27)5-8-24(17)28-25(30)16-29(33(2,31)32)23-6-3-21(4-7-23)26-13-18-10-19(14-26)12-20(11-18)15-26/h3-9,18-20H,10-16H2,1-2H3,(H,28,30). The van der Waals surface area contributed by atoms with Gasteiger partial charge < -0.3 is 5.32 Å². The molecule has 2 aromatic carbocycles. The molecule has 0 radical (unpaired) electrons. The van der Waals surface area contributed by atoms with E-state index in [2.05, 4.69) is 40.0 Å². The molecule has 1 amide bonds. The monoisotopic (exact) mass is 578 g/mol. The summed E-state index contributed by atoms with van der Waals surface area (Å²) >= 11 is 2.22. The SMILES string of the molecule is Cc1cc(I)ccc1NC(=O)CN(c1ccc(C23CC4CC(CC(C4)C2)C3)cc1)S(C)(=O)=O. The molecule has 0 aromatic heterocycles. The second kappa shape index (κ2) is 8.56. The Morgan fingerprint density at radius 1 is 1.03 bits per heavy atom. The maximum atomic E-state index is 12.8.